The van der Waals surface area contributed by atoms with Crippen LogP contribution < -0.4 is 5.32 Å². The Morgan fingerprint density at radius 2 is 2.37 bits per heavy atom. The topological polar surface area (TPSA) is 59.0 Å². The van der Waals surface area contributed by atoms with Gasteiger partial charge in [0.15, 0.2) is 4.77 Å². The van der Waals surface area contributed by atoms with Crippen LogP contribution in [0, 0.1) is 10.6 Å². The summed E-state index contributed by atoms with van der Waals surface area (Å²) in [6.45, 7) is 1.93. The number of nitrogens with one attached hydrogen (secondary N) is 2. The fourth-order valence-corrected chi connectivity index (χ4v) is 5.34. The second-order valence-electron chi connectivity index (χ2n) is 7.72. The first kappa shape index (κ1) is 17.6. The molecular weight excluding hydrogens is 433 g/mol. The van der Waals surface area contributed by atoms with Crippen molar-refractivity contribution < 1.29 is 13.9 Å². The fraction of sp³-hybridized carbons (Fsp3) is 0.474. The van der Waals surface area contributed by atoms with Crippen LogP contribution >= 0.6 is 28.1 Å². The summed E-state index contributed by atoms with van der Waals surface area (Å²) in [5.74, 6) is -0.00863. The predicted molar refractivity (Wildman–Crippen MR) is 104 cm³/mol. The maximum Gasteiger partial charge on any atom is 0.226 e. The number of carbonyl (C=O) groups excluding carboxylic acids is 1. The highest BCUT2D eigenvalue weighted by molar-refractivity contribution is 9.10. The molecule has 1 amide bonds. The van der Waals surface area contributed by atoms with E-state index in [2.05, 4.69) is 26.2 Å². The van der Waals surface area contributed by atoms with Crippen LogP contribution in [0.1, 0.15) is 35.7 Å². The lowest BCUT2D eigenvalue weighted by Crippen LogP contribution is -2.36. The minimum absolute atomic E-state index is 0.0306. The number of carbonyl (C=O) groups is 1. The van der Waals surface area contributed by atoms with Crippen molar-refractivity contribution in [3.05, 3.63) is 50.2 Å². The van der Waals surface area contributed by atoms with Gasteiger partial charge in [0.2, 0.25) is 5.91 Å². The number of fused-ring (bicyclic) bond motifs is 3. The molecule has 3 atom stereocenters. The molecule has 1 saturated heterocycles. The largest absolute Gasteiger partial charge is 0.379 e. The van der Waals surface area contributed by atoms with Gasteiger partial charge in [0.05, 0.1) is 19.1 Å². The number of aromatic amines is 1. The standard InChI is InChI=1S/C19H19BrFN3O2S/c20-10-1-2-14(21)12(5-10)19-7-13(19)17-15(23-18(27)24(17)9-19)6-16(25)22-11-3-4-26-8-11/h1-2,5,11,13H,3-4,6-9H2,(H,22,25)(H,23,27)/t11-,13+,19-/m1/s1. The van der Waals surface area contributed by atoms with E-state index in [1.807, 2.05) is 10.6 Å². The van der Waals surface area contributed by atoms with Gasteiger partial charge in [-0.05, 0) is 48.8 Å². The molecule has 5 nitrogen and oxygen atoms in total. The van der Waals surface area contributed by atoms with Gasteiger partial charge in [0, 0.05) is 40.3 Å². The monoisotopic (exact) mass is 451 g/mol. The summed E-state index contributed by atoms with van der Waals surface area (Å²) in [7, 11) is 0. The van der Waals surface area contributed by atoms with Crippen molar-refractivity contribution in [3.8, 4) is 0 Å². The number of nitrogens with zero attached hydrogens (tertiary/aromatic N) is 1. The Kier molecular flexibility index (Phi) is 4.07. The highest BCUT2D eigenvalue weighted by Gasteiger charge is 2.63. The van der Waals surface area contributed by atoms with Crippen LogP contribution in [0.15, 0.2) is 22.7 Å². The predicted octanol–water partition coefficient (Wildman–Crippen LogP) is 3.33. The molecule has 3 aliphatic rings. The number of hydrogen-bond acceptors (Lipinski definition) is 3. The minimum Gasteiger partial charge on any atom is -0.379 e. The van der Waals surface area contributed by atoms with Gasteiger partial charge >= 0.3 is 0 Å². The molecule has 1 aromatic carbocycles. The Morgan fingerprint density at radius 3 is 3.15 bits per heavy atom. The van der Waals surface area contributed by atoms with E-state index in [0.717, 1.165) is 34.3 Å². The highest BCUT2D eigenvalue weighted by atomic mass is 79.9. The quantitative estimate of drug-likeness (QED) is 0.700. The van der Waals surface area contributed by atoms with E-state index in [4.69, 9.17) is 17.0 Å². The zero-order valence-electron chi connectivity index (χ0n) is 14.6. The third-order valence-electron chi connectivity index (χ3n) is 6.05. The lowest BCUT2D eigenvalue weighted by molar-refractivity contribution is -0.121. The average Bonchev–Trinajstić information content (AvgIpc) is 2.95. The first-order valence-corrected chi connectivity index (χ1v) is 10.3. The van der Waals surface area contributed by atoms with Gasteiger partial charge in [-0.3, -0.25) is 4.79 Å². The molecule has 1 saturated carbocycles. The van der Waals surface area contributed by atoms with Crippen LogP contribution in [0.5, 0.6) is 0 Å². The zero-order chi connectivity index (χ0) is 18.8. The number of rotatable bonds is 4. The summed E-state index contributed by atoms with van der Waals surface area (Å²) in [6, 6.07) is 5.19. The van der Waals surface area contributed by atoms with Crippen molar-refractivity contribution in [2.45, 2.75) is 43.2 Å². The smallest absolute Gasteiger partial charge is 0.226 e. The van der Waals surface area contributed by atoms with Gasteiger partial charge in [-0.25, -0.2) is 4.39 Å². The Labute approximate surface area is 169 Å². The number of amides is 1. The van der Waals surface area contributed by atoms with Crippen molar-refractivity contribution in [2.75, 3.05) is 13.2 Å². The van der Waals surface area contributed by atoms with Crippen molar-refractivity contribution in [2.24, 2.45) is 0 Å². The molecule has 0 spiro atoms. The second kappa shape index (κ2) is 6.25. The number of hydrogen-bond donors (Lipinski definition) is 2. The number of benzene rings is 1. The maximum absolute atomic E-state index is 14.5. The second-order valence-corrected chi connectivity index (χ2v) is 9.02. The summed E-state index contributed by atoms with van der Waals surface area (Å²) in [6.07, 6.45) is 2.00. The SMILES string of the molecule is O=C(Cc1[nH]c(=S)n2c1[C@@H]1C[C@]1(c1cc(Br)ccc1F)C2)N[C@@H]1CCOC1. The third kappa shape index (κ3) is 2.80. The number of aromatic nitrogens is 2. The lowest BCUT2D eigenvalue weighted by atomic mass is 9.93. The molecular formula is C19H19BrFN3O2S. The molecule has 2 aromatic rings. The van der Waals surface area contributed by atoms with Gasteiger partial charge in [-0.15, -0.1) is 0 Å². The molecule has 2 fully saturated rings. The van der Waals surface area contributed by atoms with E-state index in [9.17, 15) is 9.18 Å². The maximum atomic E-state index is 14.5. The van der Waals surface area contributed by atoms with E-state index in [-0.39, 0.29) is 35.5 Å². The molecule has 0 bridgehead atoms. The average molecular weight is 452 g/mol. The van der Waals surface area contributed by atoms with Gasteiger partial charge in [-0.2, -0.15) is 0 Å². The van der Waals surface area contributed by atoms with Crippen LogP contribution in [-0.4, -0.2) is 34.7 Å². The Bertz CT molecular complexity index is 997. The van der Waals surface area contributed by atoms with Gasteiger partial charge in [-0.1, -0.05) is 15.9 Å². The van der Waals surface area contributed by atoms with Crippen LogP contribution in [0.4, 0.5) is 4.39 Å². The van der Waals surface area contributed by atoms with E-state index >= 15 is 0 Å². The number of ether oxygens (including phenoxy) is 1. The van der Waals surface area contributed by atoms with Gasteiger partial charge in [0.1, 0.15) is 5.82 Å². The molecule has 3 heterocycles. The Morgan fingerprint density at radius 1 is 1.52 bits per heavy atom. The normalized spacial score (nSPS) is 28.1. The van der Waals surface area contributed by atoms with Gasteiger partial charge < -0.3 is 19.6 Å². The van der Waals surface area contributed by atoms with Crippen molar-refractivity contribution in [3.63, 3.8) is 0 Å². The molecule has 142 valence electrons. The third-order valence-corrected chi connectivity index (χ3v) is 6.86. The molecule has 2 N–H and O–H groups in total. The summed E-state index contributed by atoms with van der Waals surface area (Å²) < 4.78 is 23.4. The molecule has 1 aromatic heterocycles. The Hall–Kier alpha value is -1.51. The molecule has 8 heteroatoms. The molecule has 1 aliphatic carbocycles. The molecule has 0 unspecified atom stereocenters. The summed E-state index contributed by atoms with van der Waals surface area (Å²) in [5.41, 5.74) is 2.42. The number of imidazole rings is 1. The minimum atomic E-state index is -0.240. The molecule has 0 radical (unpaired) electrons. The van der Waals surface area contributed by atoms with Crippen molar-refractivity contribution >= 4 is 34.1 Å². The fourth-order valence-electron chi connectivity index (χ4n) is 4.69. The van der Waals surface area contributed by atoms with Crippen LogP contribution in [-0.2, 0) is 27.9 Å². The summed E-state index contributed by atoms with van der Waals surface area (Å²) >= 11 is 8.93. The van der Waals surface area contributed by atoms with Crippen molar-refractivity contribution in [1.82, 2.24) is 14.9 Å². The molecule has 27 heavy (non-hydrogen) atoms. The lowest BCUT2D eigenvalue weighted by Gasteiger charge is -2.14. The molecule has 2 aliphatic heterocycles. The van der Waals surface area contributed by atoms with Crippen LogP contribution in [0.3, 0.4) is 0 Å². The van der Waals surface area contributed by atoms with E-state index < -0.39 is 0 Å². The first-order valence-electron chi connectivity index (χ1n) is 9.12. The number of halogens is 2. The molecule has 5 rings (SSSR count). The van der Waals surface area contributed by atoms with Gasteiger partial charge in [0.25, 0.3) is 0 Å². The van der Waals surface area contributed by atoms with E-state index in [0.29, 0.717) is 24.5 Å². The zero-order valence-corrected chi connectivity index (χ0v) is 17.0. The first-order chi connectivity index (χ1) is 13.0. The van der Waals surface area contributed by atoms with Crippen LogP contribution in [0.25, 0.3) is 0 Å². The highest BCUT2D eigenvalue weighted by Crippen LogP contribution is 2.66. The van der Waals surface area contributed by atoms with E-state index in [1.54, 1.807) is 6.07 Å². The van der Waals surface area contributed by atoms with Crippen molar-refractivity contribution in [1.29, 1.82) is 0 Å². The van der Waals surface area contributed by atoms with Crippen LogP contribution in [0.2, 0.25) is 0 Å². The number of H-pyrrole nitrogens is 1. The van der Waals surface area contributed by atoms with E-state index in [1.165, 1.54) is 6.07 Å². The Balaban J connectivity index is 1.41. The summed E-state index contributed by atoms with van der Waals surface area (Å²) in [4.78, 5) is 15.7. The summed E-state index contributed by atoms with van der Waals surface area (Å²) in [5, 5.41) is 3.02.